The Bertz CT molecular complexity index is 180. The molecule has 2 aliphatic heterocycles. The van der Waals surface area contributed by atoms with E-state index in [1.54, 1.807) is 0 Å². The normalized spacial score (nSPS) is 34.2. The average molecular weight is 228 g/mol. The minimum atomic E-state index is 0.793. The average Bonchev–Trinajstić information content (AvgIpc) is 2.31. The van der Waals surface area contributed by atoms with E-state index in [4.69, 9.17) is 0 Å². The molecule has 0 bridgehead atoms. The molecule has 0 spiro atoms. The second kappa shape index (κ2) is 6.12. The van der Waals surface area contributed by atoms with Crippen LogP contribution in [0.4, 0.5) is 0 Å². The van der Waals surface area contributed by atoms with Crippen molar-refractivity contribution < 1.29 is 0 Å². The zero-order valence-corrected chi connectivity index (χ0v) is 10.7. The molecule has 2 heterocycles. The molecule has 2 atom stereocenters. The zero-order chi connectivity index (χ0) is 10.5. The molecule has 0 aromatic rings. The van der Waals surface area contributed by atoms with Gasteiger partial charge in [0.15, 0.2) is 0 Å². The van der Waals surface area contributed by atoms with Gasteiger partial charge >= 0.3 is 0 Å². The molecular formula is C12H24N2S. The van der Waals surface area contributed by atoms with E-state index >= 15 is 0 Å². The van der Waals surface area contributed by atoms with Crippen molar-refractivity contribution in [1.82, 2.24) is 10.2 Å². The summed E-state index contributed by atoms with van der Waals surface area (Å²) >= 11 is 2.21. The van der Waals surface area contributed by atoms with Crippen LogP contribution in [0.1, 0.15) is 32.6 Å². The lowest BCUT2D eigenvalue weighted by Gasteiger charge is -2.38. The smallest absolute Gasteiger partial charge is 0.0219 e. The quantitative estimate of drug-likeness (QED) is 0.795. The summed E-state index contributed by atoms with van der Waals surface area (Å²) in [6.07, 6.45) is 5.65. The van der Waals surface area contributed by atoms with Gasteiger partial charge in [0.1, 0.15) is 0 Å². The Hall–Kier alpha value is 0.270. The summed E-state index contributed by atoms with van der Waals surface area (Å²) in [5.41, 5.74) is 0. The Kier molecular flexibility index (Phi) is 4.79. The summed E-state index contributed by atoms with van der Waals surface area (Å²) in [4.78, 5) is 2.72. The molecule has 88 valence electrons. The molecule has 2 aliphatic rings. The van der Waals surface area contributed by atoms with Gasteiger partial charge in [0.25, 0.3) is 0 Å². The van der Waals surface area contributed by atoms with Crippen LogP contribution in [0.2, 0.25) is 0 Å². The van der Waals surface area contributed by atoms with Gasteiger partial charge in [-0.3, -0.25) is 4.90 Å². The van der Waals surface area contributed by atoms with Crippen molar-refractivity contribution in [1.29, 1.82) is 0 Å². The number of nitrogens with zero attached hydrogens (tertiary/aromatic N) is 1. The number of rotatable bonds is 3. The number of hydrogen-bond donors (Lipinski definition) is 1. The van der Waals surface area contributed by atoms with Crippen LogP contribution >= 0.6 is 11.8 Å². The molecule has 15 heavy (non-hydrogen) atoms. The zero-order valence-electron chi connectivity index (χ0n) is 9.87. The van der Waals surface area contributed by atoms with Crippen LogP contribution in [-0.2, 0) is 0 Å². The van der Waals surface area contributed by atoms with Gasteiger partial charge in [0.2, 0.25) is 0 Å². The molecule has 0 aromatic heterocycles. The molecular weight excluding hydrogens is 204 g/mol. The van der Waals surface area contributed by atoms with Crippen LogP contribution in [0.25, 0.3) is 0 Å². The largest absolute Gasteiger partial charge is 0.314 e. The molecule has 0 radical (unpaired) electrons. The van der Waals surface area contributed by atoms with Crippen molar-refractivity contribution >= 4 is 11.8 Å². The number of piperazine rings is 1. The van der Waals surface area contributed by atoms with Crippen molar-refractivity contribution in [3.8, 4) is 0 Å². The maximum Gasteiger partial charge on any atom is 0.0219 e. The molecule has 3 heteroatoms. The Morgan fingerprint density at radius 3 is 3.07 bits per heavy atom. The Morgan fingerprint density at radius 1 is 1.40 bits per heavy atom. The van der Waals surface area contributed by atoms with E-state index in [1.165, 1.54) is 57.6 Å². The highest BCUT2D eigenvalue weighted by atomic mass is 32.2. The van der Waals surface area contributed by atoms with Crippen molar-refractivity contribution in [2.24, 2.45) is 0 Å². The van der Waals surface area contributed by atoms with Crippen LogP contribution in [0.3, 0.4) is 0 Å². The predicted octanol–water partition coefficient (Wildman–Crippen LogP) is 1.96. The standard InChI is InChI=1S/C12H24N2S/c1-2-11-9-13-6-7-14(11)10-12-5-3-4-8-15-12/h11-13H,2-10H2,1H3. The first-order valence-corrected chi connectivity index (χ1v) is 7.51. The Labute approximate surface area is 98.2 Å². The van der Waals surface area contributed by atoms with Gasteiger partial charge in [-0.05, 0) is 25.0 Å². The third kappa shape index (κ3) is 3.36. The lowest BCUT2D eigenvalue weighted by Crippen LogP contribution is -2.52. The maximum absolute atomic E-state index is 3.50. The lowest BCUT2D eigenvalue weighted by molar-refractivity contribution is 0.156. The van der Waals surface area contributed by atoms with E-state index in [0.717, 1.165) is 11.3 Å². The van der Waals surface area contributed by atoms with Gasteiger partial charge in [-0.25, -0.2) is 0 Å². The van der Waals surface area contributed by atoms with Crippen LogP contribution in [0.5, 0.6) is 0 Å². The molecule has 2 nitrogen and oxygen atoms in total. The summed E-state index contributed by atoms with van der Waals surface area (Å²) in [6, 6.07) is 0.793. The summed E-state index contributed by atoms with van der Waals surface area (Å²) in [7, 11) is 0. The lowest BCUT2D eigenvalue weighted by atomic mass is 10.1. The van der Waals surface area contributed by atoms with Crippen LogP contribution in [0, 0.1) is 0 Å². The number of hydrogen-bond acceptors (Lipinski definition) is 3. The molecule has 2 saturated heterocycles. The van der Waals surface area contributed by atoms with Crippen molar-refractivity contribution in [2.75, 3.05) is 31.9 Å². The number of nitrogens with one attached hydrogen (secondary N) is 1. The van der Waals surface area contributed by atoms with Crippen LogP contribution in [0.15, 0.2) is 0 Å². The second-order valence-electron chi connectivity index (χ2n) is 4.75. The van der Waals surface area contributed by atoms with Gasteiger partial charge in [-0.1, -0.05) is 13.3 Å². The van der Waals surface area contributed by atoms with E-state index in [2.05, 4.69) is 28.9 Å². The third-order valence-corrected chi connectivity index (χ3v) is 5.04. The highest BCUT2D eigenvalue weighted by Crippen LogP contribution is 2.26. The predicted molar refractivity (Wildman–Crippen MR) is 68.6 cm³/mol. The molecule has 0 amide bonds. The van der Waals surface area contributed by atoms with Crippen molar-refractivity contribution in [3.63, 3.8) is 0 Å². The highest BCUT2D eigenvalue weighted by molar-refractivity contribution is 7.99. The Morgan fingerprint density at radius 2 is 2.33 bits per heavy atom. The van der Waals surface area contributed by atoms with E-state index in [9.17, 15) is 0 Å². The maximum atomic E-state index is 3.50. The molecule has 2 rings (SSSR count). The monoisotopic (exact) mass is 228 g/mol. The molecule has 0 aromatic carbocycles. The first kappa shape index (κ1) is 11.7. The molecule has 2 fully saturated rings. The van der Waals surface area contributed by atoms with Crippen LogP contribution in [-0.4, -0.2) is 48.1 Å². The summed E-state index contributed by atoms with van der Waals surface area (Å²) in [5.74, 6) is 1.40. The fourth-order valence-corrected chi connectivity index (χ4v) is 3.99. The van der Waals surface area contributed by atoms with Gasteiger partial charge in [0, 0.05) is 37.5 Å². The van der Waals surface area contributed by atoms with E-state index in [-0.39, 0.29) is 0 Å². The summed E-state index contributed by atoms with van der Waals surface area (Å²) in [5, 5.41) is 4.43. The minimum Gasteiger partial charge on any atom is -0.314 e. The number of thioether (sulfide) groups is 1. The van der Waals surface area contributed by atoms with E-state index in [0.29, 0.717) is 0 Å². The Balaban J connectivity index is 1.79. The summed E-state index contributed by atoms with van der Waals surface area (Å²) < 4.78 is 0. The van der Waals surface area contributed by atoms with Crippen molar-refractivity contribution in [3.05, 3.63) is 0 Å². The van der Waals surface area contributed by atoms with Gasteiger partial charge in [-0.15, -0.1) is 0 Å². The van der Waals surface area contributed by atoms with Crippen LogP contribution < -0.4 is 5.32 Å². The fourth-order valence-electron chi connectivity index (χ4n) is 2.66. The minimum absolute atomic E-state index is 0.793. The van der Waals surface area contributed by atoms with Crippen molar-refractivity contribution in [2.45, 2.75) is 43.9 Å². The molecule has 0 saturated carbocycles. The third-order valence-electron chi connectivity index (χ3n) is 3.66. The van der Waals surface area contributed by atoms with Gasteiger partial charge in [-0.2, -0.15) is 11.8 Å². The van der Waals surface area contributed by atoms with Gasteiger partial charge in [0.05, 0.1) is 0 Å². The SMILES string of the molecule is CCC1CNCCN1CC1CCCCS1. The molecule has 0 aliphatic carbocycles. The molecule has 2 unspecified atom stereocenters. The first-order chi connectivity index (χ1) is 7.40. The summed E-state index contributed by atoms with van der Waals surface area (Å²) in [6.45, 7) is 7.31. The highest BCUT2D eigenvalue weighted by Gasteiger charge is 2.24. The van der Waals surface area contributed by atoms with E-state index in [1.807, 2.05) is 0 Å². The molecule has 1 N–H and O–H groups in total. The first-order valence-electron chi connectivity index (χ1n) is 6.46. The van der Waals surface area contributed by atoms with E-state index < -0.39 is 0 Å². The van der Waals surface area contributed by atoms with Gasteiger partial charge < -0.3 is 5.32 Å². The topological polar surface area (TPSA) is 15.3 Å². The fraction of sp³-hybridized carbons (Fsp3) is 1.00. The second-order valence-corrected chi connectivity index (χ2v) is 6.16.